The Morgan fingerprint density at radius 3 is 2.76 bits per heavy atom. The molecule has 2 amide bonds. The maximum Gasteiger partial charge on any atom is 0.223 e. The molecule has 1 saturated carbocycles. The number of H-pyrrole nitrogens is 1. The molecule has 1 aliphatic rings. The summed E-state index contributed by atoms with van der Waals surface area (Å²) in [6.07, 6.45) is 4.94. The second-order valence-electron chi connectivity index (χ2n) is 5.83. The number of carbonyl (C=O) groups is 2. The summed E-state index contributed by atoms with van der Waals surface area (Å²) in [6.45, 7) is 5.13. The fourth-order valence-electron chi connectivity index (χ4n) is 2.34. The molecule has 1 heterocycles. The third-order valence-corrected chi connectivity index (χ3v) is 3.98. The van der Waals surface area contributed by atoms with E-state index >= 15 is 0 Å². The van der Waals surface area contributed by atoms with Gasteiger partial charge < -0.3 is 10.6 Å². The predicted octanol–water partition coefficient (Wildman–Crippen LogP) is 0.929. The molecular formula is C15H24N4O2. The molecule has 2 unspecified atom stereocenters. The van der Waals surface area contributed by atoms with E-state index in [-0.39, 0.29) is 17.7 Å². The molecule has 116 valence electrons. The monoisotopic (exact) mass is 292 g/mol. The van der Waals surface area contributed by atoms with E-state index in [9.17, 15) is 9.59 Å². The van der Waals surface area contributed by atoms with Crippen LogP contribution in [0.2, 0.25) is 0 Å². The van der Waals surface area contributed by atoms with E-state index in [4.69, 9.17) is 0 Å². The molecule has 0 spiro atoms. The van der Waals surface area contributed by atoms with Gasteiger partial charge in [-0.1, -0.05) is 6.92 Å². The highest BCUT2D eigenvalue weighted by Crippen LogP contribution is 2.37. The van der Waals surface area contributed by atoms with Crippen molar-refractivity contribution in [1.82, 2.24) is 20.8 Å². The topological polar surface area (TPSA) is 86.9 Å². The smallest absolute Gasteiger partial charge is 0.223 e. The van der Waals surface area contributed by atoms with Gasteiger partial charge in [-0.3, -0.25) is 14.7 Å². The number of rotatable bonds is 8. The number of aryl methyl sites for hydroxylation is 2. The molecule has 1 aliphatic carbocycles. The normalized spacial score (nSPS) is 20.1. The number of amides is 2. The molecule has 6 nitrogen and oxygen atoms in total. The minimum Gasteiger partial charge on any atom is -0.356 e. The van der Waals surface area contributed by atoms with Crippen LogP contribution in [0.3, 0.4) is 0 Å². The Morgan fingerprint density at radius 1 is 1.38 bits per heavy atom. The van der Waals surface area contributed by atoms with Crippen molar-refractivity contribution in [3.05, 3.63) is 17.5 Å². The first-order chi connectivity index (χ1) is 10.1. The molecule has 2 rings (SSSR count). The van der Waals surface area contributed by atoms with Crippen LogP contribution in [-0.2, 0) is 16.0 Å². The molecule has 0 bridgehead atoms. The van der Waals surface area contributed by atoms with Crippen molar-refractivity contribution in [1.29, 1.82) is 0 Å². The molecule has 21 heavy (non-hydrogen) atoms. The lowest BCUT2D eigenvalue weighted by Gasteiger charge is -2.06. The number of aromatic amines is 1. The van der Waals surface area contributed by atoms with Gasteiger partial charge in [0, 0.05) is 31.1 Å². The van der Waals surface area contributed by atoms with E-state index in [1.54, 1.807) is 0 Å². The van der Waals surface area contributed by atoms with Crippen molar-refractivity contribution < 1.29 is 9.59 Å². The third-order valence-electron chi connectivity index (χ3n) is 3.98. The van der Waals surface area contributed by atoms with Gasteiger partial charge in [-0.05, 0) is 37.7 Å². The second kappa shape index (κ2) is 7.24. The lowest BCUT2D eigenvalue weighted by atomic mass is 10.1. The van der Waals surface area contributed by atoms with E-state index in [2.05, 4.69) is 27.8 Å². The average molecular weight is 292 g/mol. The van der Waals surface area contributed by atoms with Crippen LogP contribution in [0.1, 0.15) is 37.4 Å². The van der Waals surface area contributed by atoms with E-state index in [1.165, 1.54) is 5.56 Å². The Morgan fingerprint density at radius 2 is 2.14 bits per heavy atom. The van der Waals surface area contributed by atoms with E-state index in [1.807, 2.05) is 13.1 Å². The van der Waals surface area contributed by atoms with Crippen LogP contribution in [0.4, 0.5) is 0 Å². The average Bonchev–Trinajstić information content (AvgIpc) is 3.04. The van der Waals surface area contributed by atoms with Gasteiger partial charge in [0.25, 0.3) is 0 Å². The van der Waals surface area contributed by atoms with E-state index < -0.39 is 0 Å². The summed E-state index contributed by atoms with van der Waals surface area (Å²) in [5, 5.41) is 12.5. The summed E-state index contributed by atoms with van der Waals surface area (Å²) in [6, 6.07) is 0. The van der Waals surface area contributed by atoms with Crippen LogP contribution in [-0.4, -0.2) is 35.1 Å². The largest absolute Gasteiger partial charge is 0.356 e. The second-order valence-corrected chi connectivity index (χ2v) is 5.83. The highest BCUT2D eigenvalue weighted by Gasteiger charge is 2.38. The summed E-state index contributed by atoms with van der Waals surface area (Å²) >= 11 is 0. The molecule has 2 atom stereocenters. The molecule has 0 radical (unpaired) electrons. The molecule has 0 aromatic carbocycles. The summed E-state index contributed by atoms with van der Waals surface area (Å²) < 4.78 is 0. The summed E-state index contributed by atoms with van der Waals surface area (Å²) in [5.41, 5.74) is 2.27. The number of carbonyl (C=O) groups excluding carboxylic acids is 2. The summed E-state index contributed by atoms with van der Waals surface area (Å²) in [4.78, 5) is 23.2. The Balaban J connectivity index is 1.50. The van der Waals surface area contributed by atoms with Gasteiger partial charge in [-0.2, -0.15) is 5.10 Å². The number of hydrogen-bond donors (Lipinski definition) is 3. The zero-order chi connectivity index (χ0) is 15.2. The first kappa shape index (κ1) is 15.5. The maximum atomic E-state index is 11.6. The predicted molar refractivity (Wildman–Crippen MR) is 79.6 cm³/mol. The summed E-state index contributed by atoms with van der Waals surface area (Å²) in [5.74, 6) is 0.755. The van der Waals surface area contributed by atoms with Gasteiger partial charge in [-0.15, -0.1) is 0 Å². The molecule has 1 aromatic heterocycles. The van der Waals surface area contributed by atoms with Gasteiger partial charge in [0.2, 0.25) is 11.8 Å². The minimum atomic E-state index is -0.0111. The van der Waals surface area contributed by atoms with Crippen LogP contribution in [0, 0.1) is 18.8 Å². The lowest BCUT2D eigenvalue weighted by Crippen LogP contribution is -2.32. The Hall–Kier alpha value is -1.85. The minimum absolute atomic E-state index is 0.0111. The molecule has 0 aliphatic heterocycles. The van der Waals surface area contributed by atoms with Crippen molar-refractivity contribution in [3.8, 4) is 0 Å². The van der Waals surface area contributed by atoms with E-state index in [0.717, 1.165) is 25.0 Å². The zero-order valence-electron chi connectivity index (χ0n) is 12.7. The highest BCUT2D eigenvalue weighted by atomic mass is 16.2. The van der Waals surface area contributed by atoms with E-state index in [0.29, 0.717) is 25.4 Å². The highest BCUT2D eigenvalue weighted by molar-refractivity contribution is 5.82. The first-order valence-corrected chi connectivity index (χ1v) is 7.61. The number of nitrogens with one attached hydrogen (secondary N) is 3. The van der Waals surface area contributed by atoms with Crippen LogP contribution >= 0.6 is 0 Å². The Labute approximate surface area is 125 Å². The number of hydrogen-bond acceptors (Lipinski definition) is 3. The third kappa shape index (κ3) is 4.88. The fourth-order valence-corrected chi connectivity index (χ4v) is 2.34. The number of nitrogens with zero attached hydrogens (tertiary/aromatic N) is 1. The maximum absolute atomic E-state index is 11.6. The molecule has 0 saturated heterocycles. The number of aromatic nitrogens is 2. The molecule has 3 N–H and O–H groups in total. The SMILES string of the molecule is Cc1[nH]ncc1CCCNC(=O)CCNC(=O)C1CC1C. The van der Waals surface area contributed by atoms with Crippen molar-refractivity contribution in [2.45, 2.75) is 39.5 Å². The molecule has 1 aromatic rings. The van der Waals surface area contributed by atoms with Crippen LogP contribution in [0.25, 0.3) is 0 Å². The van der Waals surface area contributed by atoms with Gasteiger partial charge >= 0.3 is 0 Å². The lowest BCUT2D eigenvalue weighted by molar-refractivity contribution is -0.123. The van der Waals surface area contributed by atoms with Crippen LogP contribution in [0.5, 0.6) is 0 Å². The van der Waals surface area contributed by atoms with Crippen molar-refractivity contribution in [3.63, 3.8) is 0 Å². The van der Waals surface area contributed by atoms with Gasteiger partial charge in [0.1, 0.15) is 0 Å². The molecule has 6 heteroatoms. The standard InChI is InChI=1S/C15H24N4O2/c1-10-8-13(10)15(21)17-7-5-14(20)16-6-3-4-12-9-18-19-11(12)2/h9-10,13H,3-8H2,1-2H3,(H,16,20)(H,17,21)(H,18,19). The summed E-state index contributed by atoms with van der Waals surface area (Å²) in [7, 11) is 0. The van der Waals surface area contributed by atoms with Crippen LogP contribution in [0.15, 0.2) is 6.20 Å². The Kier molecular flexibility index (Phi) is 5.36. The first-order valence-electron chi connectivity index (χ1n) is 7.61. The van der Waals surface area contributed by atoms with Crippen molar-refractivity contribution in [2.75, 3.05) is 13.1 Å². The van der Waals surface area contributed by atoms with Gasteiger partial charge in [0.05, 0.1) is 6.20 Å². The molecular weight excluding hydrogens is 268 g/mol. The van der Waals surface area contributed by atoms with Crippen LogP contribution < -0.4 is 10.6 Å². The zero-order valence-corrected chi connectivity index (χ0v) is 12.7. The van der Waals surface area contributed by atoms with Crippen molar-refractivity contribution in [2.24, 2.45) is 11.8 Å². The Bertz CT molecular complexity index is 498. The van der Waals surface area contributed by atoms with Crippen molar-refractivity contribution >= 4 is 11.8 Å². The van der Waals surface area contributed by atoms with Gasteiger partial charge in [0.15, 0.2) is 0 Å². The quantitative estimate of drug-likeness (QED) is 0.623. The fraction of sp³-hybridized carbons (Fsp3) is 0.667. The van der Waals surface area contributed by atoms with Gasteiger partial charge in [-0.25, -0.2) is 0 Å². The molecule has 1 fully saturated rings.